The van der Waals surface area contributed by atoms with Crippen molar-refractivity contribution in [3.8, 4) is 0 Å². The lowest BCUT2D eigenvalue weighted by Gasteiger charge is -2.47. The largest absolute Gasteiger partial charge is 0.374 e. The average Bonchev–Trinajstić information content (AvgIpc) is 3.66. The molecule has 0 aromatic carbocycles. The summed E-state index contributed by atoms with van der Waals surface area (Å²) < 4.78 is 7.52. The second-order valence-electron chi connectivity index (χ2n) is 16.4. The van der Waals surface area contributed by atoms with E-state index in [4.69, 9.17) is 4.74 Å². The fraction of sp³-hybridized carbons (Fsp3) is 1.00. The molecule has 3 saturated heterocycles. The molecule has 0 amide bonds. The molecule has 3 aliphatic heterocycles. The minimum absolute atomic E-state index is 0.633. The highest BCUT2D eigenvalue weighted by molar-refractivity contribution is 8.00. The van der Waals surface area contributed by atoms with Gasteiger partial charge in [-0.1, -0.05) is 51.4 Å². The smallest absolute Gasteiger partial charge is 0.0652 e. The summed E-state index contributed by atoms with van der Waals surface area (Å²) in [6.07, 6.45) is 33.2. The average molecular weight is 552 g/mol. The van der Waals surface area contributed by atoms with Crippen molar-refractivity contribution in [2.24, 2.45) is 47.3 Å². The van der Waals surface area contributed by atoms with Gasteiger partial charge in [0.25, 0.3) is 0 Å². The molecule has 0 aromatic heterocycles. The molecular weight excluding hydrogens is 494 g/mol. The molecule has 14 atom stereocenters. The summed E-state index contributed by atoms with van der Waals surface area (Å²) in [6.45, 7) is 0. The van der Waals surface area contributed by atoms with E-state index in [1.165, 1.54) is 109 Å². The van der Waals surface area contributed by atoms with Gasteiger partial charge in [-0.2, -0.15) is 11.8 Å². The minimum atomic E-state index is 0.633. The van der Waals surface area contributed by atoms with Crippen LogP contribution in [0.2, 0.25) is 0 Å². The molecule has 6 aliphatic carbocycles. The Hall–Kier alpha value is 0.270. The van der Waals surface area contributed by atoms with E-state index in [2.05, 4.69) is 16.7 Å². The van der Waals surface area contributed by atoms with Gasteiger partial charge in [0.05, 0.1) is 12.2 Å². The number of ether oxygens (including phenoxy) is 1. The third kappa shape index (κ3) is 4.14. The van der Waals surface area contributed by atoms with Gasteiger partial charge in [-0.25, -0.2) is 0 Å². The van der Waals surface area contributed by atoms with Crippen LogP contribution in [0.3, 0.4) is 0 Å². The summed E-state index contributed by atoms with van der Waals surface area (Å²) >= 11 is 2.44. The Morgan fingerprint density at radius 2 is 1.15 bits per heavy atom. The Labute approximate surface area is 243 Å². The van der Waals surface area contributed by atoms with E-state index >= 15 is 0 Å². The van der Waals surface area contributed by atoms with Gasteiger partial charge in [0.15, 0.2) is 0 Å². The third-order valence-electron chi connectivity index (χ3n) is 15.0. The number of likely N-dealkylation sites (tertiary alicyclic amines) is 1. The highest BCUT2D eigenvalue weighted by Crippen LogP contribution is 2.62. The highest BCUT2D eigenvalue weighted by atomic mass is 32.2. The molecule has 14 unspecified atom stereocenters. The molecule has 0 aromatic rings. The zero-order chi connectivity index (χ0) is 25.5. The third-order valence-corrected chi connectivity index (χ3v) is 16.8. The molecule has 9 aliphatic rings. The minimum Gasteiger partial charge on any atom is -0.374 e. The zero-order valence-electron chi connectivity index (χ0n) is 24.8. The second-order valence-corrected chi connectivity index (χ2v) is 17.8. The lowest BCUT2D eigenvalue weighted by atomic mass is 9.61. The van der Waals surface area contributed by atoms with Crippen molar-refractivity contribution >= 4 is 11.8 Å². The Bertz CT molecular complexity index is 887. The maximum atomic E-state index is 7.52. The van der Waals surface area contributed by atoms with Crippen LogP contribution in [0.15, 0.2) is 0 Å². The van der Waals surface area contributed by atoms with Gasteiger partial charge in [-0.3, -0.25) is 4.90 Å². The van der Waals surface area contributed by atoms with Crippen molar-refractivity contribution in [2.75, 3.05) is 0 Å². The maximum absolute atomic E-state index is 7.52. The number of thioether (sulfide) groups is 1. The maximum Gasteiger partial charge on any atom is 0.0652 e. The van der Waals surface area contributed by atoms with Crippen LogP contribution >= 0.6 is 11.8 Å². The van der Waals surface area contributed by atoms with Crippen LogP contribution in [0.25, 0.3) is 0 Å². The van der Waals surface area contributed by atoms with E-state index in [9.17, 15) is 0 Å². The Balaban J connectivity index is 0.959. The van der Waals surface area contributed by atoms with Crippen molar-refractivity contribution < 1.29 is 4.74 Å². The van der Waals surface area contributed by atoms with Crippen LogP contribution in [-0.4, -0.2) is 45.7 Å². The normalized spacial score (nSPS) is 55.7. The van der Waals surface area contributed by atoms with Crippen LogP contribution in [0, 0.1) is 47.3 Å². The van der Waals surface area contributed by atoms with E-state index in [1.54, 1.807) is 25.7 Å². The monoisotopic (exact) mass is 551 g/mol. The molecule has 3 heterocycles. The van der Waals surface area contributed by atoms with E-state index in [1.807, 2.05) is 0 Å². The Morgan fingerprint density at radius 3 is 2.08 bits per heavy atom. The van der Waals surface area contributed by atoms with Gasteiger partial charge in [0.1, 0.15) is 0 Å². The van der Waals surface area contributed by atoms with Crippen LogP contribution < -0.4 is 0 Å². The van der Waals surface area contributed by atoms with Crippen LogP contribution in [-0.2, 0) is 4.74 Å². The zero-order valence-corrected chi connectivity index (χ0v) is 25.6. The fourth-order valence-electron chi connectivity index (χ4n) is 13.7. The van der Waals surface area contributed by atoms with Crippen LogP contribution in [0.5, 0.6) is 0 Å². The summed E-state index contributed by atoms with van der Waals surface area (Å²) in [6, 6.07) is 2.83. The summed E-state index contributed by atoms with van der Waals surface area (Å²) in [5.74, 6) is 7.70. The van der Waals surface area contributed by atoms with E-state index < -0.39 is 0 Å². The van der Waals surface area contributed by atoms with Gasteiger partial charge in [-0.15, -0.1) is 0 Å². The Kier molecular flexibility index (Phi) is 6.91. The molecule has 0 bridgehead atoms. The van der Waals surface area contributed by atoms with Crippen molar-refractivity contribution in [2.45, 2.75) is 176 Å². The molecule has 0 spiro atoms. The summed E-state index contributed by atoms with van der Waals surface area (Å²) in [5.41, 5.74) is 0. The first-order valence-electron chi connectivity index (χ1n) is 18.4. The molecule has 6 saturated carbocycles. The lowest BCUT2D eigenvalue weighted by molar-refractivity contribution is -0.0782. The van der Waals surface area contributed by atoms with E-state index in [-0.39, 0.29) is 0 Å². The van der Waals surface area contributed by atoms with Crippen molar-refractivity contribution in [3.05, 3.63) is 0 Å². The predicted molar refractivity (Wildman–Crippen MR) is 162 cm³/mol. The number of hydrogen-bond acceptors (Lipinski definition) is 3. The number of fused-ring (bicyclic) bond motifs is 10. The van der Waals surface area contributed by atoms with Crippen molar-refractivity contribution in [3.63, 3.8) is 0 Å². The quantitative estimate of drug-likeness (QED) is 0.340. The van der Waals surface area contributed by atoms with Gasteiger partial charge in [0, 0.05) is 34.5 Å². The van der Waals surface area contributed by atoms with E-state index in [0.717, 1.165) is 76.0 Å². The second kappa shape index (κ2) is 10.5. The topological polar surface area (TPSA) is 12.5 Å². The summed E-state index contributed by atoms with van der Waals surface area (Å²) in [4.78, 5) is 3.26. The standard InChI is InChI=1S/C36H57NOS/c1-2-9-23(10-3-1)37-30-15-6-4-11-25(30)26-18-17-22(21-31(26)37)24-13-8-14-27-28-19-20-33-34(36(28)38-35(24)27)29-12-5-7-16-32(29)39-33/h22-36H,1-21H2. The molecule has 3 heteroatoms. The number of rotatable bonds is 2. The van der Waals surface area contributed by atoms with Gasteiger partial charge in [0.2, 0.25) is 0 Å². The van der Waals surface area contributed by atoms with Crippen LogP contribution in [0.4, 0.5) is 0 Å². The number of nitrogens with zero attached hydrogens (tertiary/aromatic N) is 1. The molecule has 9 rings (SSSR count). The molecule has 9 fully saturated rings. The SMILES string of the molecule is C1CCC(N2C3CCCCC3C3CCC(C4CCCC5C6CCC7SC8CCCCC8C7C6OC45)CC32)CC1. The molecular formula is C36H57NOS. The van der Waals surface area contributed by atoms with Crippen molar-refractivity contribution in [1.29, 1.82) is 0 Å². The van der Waals surface area contributed by atoms with Gasteiger partial charge < -0.3 is 4.74 Å². The fourth-order valence-corrected chi connectivity index (χ4v) is 15.8. The predicted octanol–water partition coefficient (Wildman–Crippen LogP) is 8.86. The summed E-state index contributed by atoms with van der Waals surface area (Å²) in [7, 11) is 0. The lowest BCUT2D eigenvalue weighted by Crippen LogP contribution is -2.49. The van der Waals surface area contributed by atoms with Crippen LogP contribution in [0.1, 0.15) is 135 Å². The first kappa shape index (κ1) is 25.7. The molecule has 0 N–H and O–H groups in total. The first-order chi connectivity index (χ1) is 19.3. The Morgan fingerprint density at radius 1 is 0.462 bits per heavy atom. The molecule has 2 nitrogen and oxygen atoms in total. The summed E-state index contributed by atoms with van der Waals surface area (Å²) in [5, 5.41) is 1.93. The molecule has 0 radical (unpaired) electrons. The highest BCUT2D eigenvalue weighted by Gasteiger charge is 2.61. The van der Waals surface area contributed by atoms with E-state index in [0.29, 0.717) is 12.2 Å². The number of hydrogen-bond donors (Lipinski definition) is 0. The molecule has 39 heavy (non-hydrogen) atoms. The van der Waals surface area contributed by atoms with Gasteiger partial charge in [-0.05, 0) is 125 Å². The van der Waals surface area contributed by atoms with Gasteiger partial charge >= 0.3 is 0 Å². The first-order valence-corrected chi connectivity index (χ1v) is 19.4. The molecule has 218 valence electrons. The van der Waals surface area contributed by atoms with Crippen molar-refractivity contribution in [1.82, 2.24) is 4.90 Å².